The highest BCUT2D eigenvalue weighted by molar-refractivity contribution is 7.80. The lowest BCUT2D eigenvalue weighted by atomic mass is 9.93. The predicted molar refractivity (Wildman–Crippen MR) is 88.7 cm³/mol. The maximum Gasteiger partial charge on any atom is 0.119 e. The van der Waals surface area contributed by atoms with Gasteiger partial charge in [-0.25, -0.2) is 0 Å². The topological polar surface area (TPSA) is 58.7 Å². The van der Waals surface area contributed by atoms with Gasteiger partial charge in [0.05, 0.1) is 0 Å². The van der Waals surface area contributed by atoms with Crippen LogP contribution in [0.25, 0.3) is 0 Å². The van der Waals surface area contributed by atoms with Crippen molar-refractivity contribution < 1.29 is 9.84 Å². The van der Waals surface area contributed by atoms with Crippen LogP contribution in [0, 0.1) is 5.41 Å². The molecule has 1 aromatic carbocycles. The van der Waals surface area contributed by atoms with E-state index in [1.807, 2.05) is 24.3 Å². The fourth-order valence-electron chi connectivity index (χ4n) is 2.64. The van der Waals surface area contributed by atoms with Crippen molar-refractivity contribution in [2.24, 2.45) is 11.1 Å². The van der Waals surface area contributed by atoms with E-state index in [0.717, 1.165) is 24.4 Å². The van der Waals surface area contributed by atoms with Crippen LogP contribution < -0.4 is 10.5 Å². The number of β-amino-alcohol motifs (C(OH)–C–C–N with tert-alkyl or cyclic N) is 1. The molecular formula is C16H24N2O2S. The molecule has 1 heterocycles. The first kappa shape index (κ1) is 16.2. The number of hydrogen-bond acceptors (Lipinski definition) is 4. The highest BCUT2D eigenvalue weighted by Crippen LogP contribution is 2.28. The second-order valence-electron chi connectivity index (χ2n) is 6.50. The Balaban J connectivity index is 1.76. The number of likely N-dealkylation sites (tertiary alicyclic amines) is 1. The Morgan fingerprint density at radius 3 is 2.62 bits per heavy atom. The number of ether oxygens (including phenoxy) is 1. The van der Waals surface area contributed by atoms with E-state index in [4.69, 9.17) is 22.7 Å². The standard InChI is InChI=1S/C16H24N2O2S/c1-16(2)7-8-18(11-16)9-13(19)10-20-14-5-3-12(4-6-14)15(17)21/h3-6,13,19H,7-11H2,1-2H3,(H2,17,21). The third-order valence-electron chi connectivity index (χ3n) is 3.81. The lowest BCUT2D eigenvalue weighted by Crippen LogP contribution is -2.35. The summed E-state index contributed by atoms with van der Waals surface area (Å²) < 4.78 is 5.60. The fourth-order valence-corrected chi connectivity index (χ4v) is 2.77. The quantitative estimate of drug-likeness (QED) is 0.785. The van der Waals surface area contributed by atoms with Gasteiger partial charge in [-0.05, 0) is 42.6 Å². The number of aliphatic hydroxyl groups is 1. The minimum atomic E-state index is -0.478. The molecule has 0 aromatic heterocycles. The van der Waals surface area contributed by atoms with Crippen LogP contribution in [0.3, 0.4) is 0 Å². The van der Waals surface area contributed by atoms with Crippen molar-refractivity contribution in [3.63, 3.8) is 0 Å². The zero-order valence-electron chi connectivity index (χ0n) is 12.7. The van der Waals surface area contributed by atoms with Gasteiger partial charge in [-0.15, -0.1) is 0 Å². The zero-order chi connectivity index (χ0) is 15.5. The molecule has 1 unspecified atom stereocenters. The summed E-state index contributed by atoms with van der Waals surface area (Å²) in [6.45, 7) is 7.57. The highest BCUT2D eigenvalue weighted by atomic mass is 32.1. The van der Waals surface area contributed by atoms with E-state index in [2.05, 4.69) is 18.7 Å². The molecule has 0 radical (unpaired) electrons. The van der Waals surface area contributed by atoms with Gasteiger partial charge in [0.2, 0.25) is 0 Å². The largest absolute Gasteiger partial charge is 0.491 e. The van der Waals surface area contributed by atoms with Gasteiger partial charge in [0.25, 0.3) is 0 Å². The number of rotatable bonds is 6. The normalized spacial score (nSPS) is 19.4. The molecule has 2 rings (SSSR count). The molecule has 1 fully saturated rings. The molecule has 116 valence electrons. The third-order valence-corrected chi connectivity index (χ3v) is 4.04. The number of aliphatic hydroxyl groups excluding tert-OH is 1. The van der Waals surface area contributed by atoms with Crippen molar-refractivity contribution in [1.29, 1.82) is 0 Å². The Bertz CT molecular complexity index is 488. The summed E-state index contributed by atoms with van der Waals surface area (Å²) >= 11 is 4.90. The second kappa shape index (κ2) is 6.73. The van der Waals surface area contributed by atoms with Crippen LogP contribution in [0.1, 0.15) is 25.8 Å². The first-order valence-corrected chi connectivity index (χ1v) is 7.70. The number of hydrogen-bond donors (Lipinski definition) is 2. The van der Waals surface area contributed by atoms with Crippen LogP contribution >= 0.6 is 12.2 Å². The summed E-state index contributed by atoms with van der Waals surface area (Å²) in [6, 6.07) is 7.29. The molecule has 1 saturated heterocycles. The molecule has 0 amide bonds. The lowest BCUT2D eigenvalue weighted by molar-refractivity contribution is 0.0730. The Labute approximate surface area is 131 Å². The number of nitrogens with zero attached hydrogens (tertiary/aromatic N) is 1. The smallest absolute Gasteiger partial charge is 0.119 e. The van der Waals surface area contributed by atoms with Crippen molar-refractivity contribution >= 4 is 17.2 Å². The Kier molecular flexibility index (Phi) is 5.19. The average molecular weight is 308 g/mol. The minimum absolute atomic E-state index is 0.295. The van der Waals surface area contributed by atoms with Gasteiger partial charge in [-0.3, -0.25) is 0 Å². The van der Waals surface area contributed by atoms with Crippen molar-refractivity contribution in [3.8, 4) is 5.75 Å². The Hall–Kier alpha value is -1.17. The highest BCUT2D eigenvalue weighted by Gasteiger charge is 2.29. The van der Waals surface area contributed by atoms with Crippen LogP contribution in [0.2, 0.25) is 0 Å². The van der Waals surface area contributed by atoms with Crippen molar-refractivity contribution in [3.05, 3.63) is 29.8 Å². The van der Waals surface area contributed by atoms with Crippen molar-refractivity contribution in [2.45, 2.75) is 26.4 Å². The lowest BCUT2D eigenvalue weighted by Gasteiger charge is -2.22. The van der Waals surface area contributed by atoms with Crippen LogP contribution in [0.5, 0.6) is 5.75 Å². The van der Waals surface area contributed by atoms with E-state index in [1.54, 1.807) is 0 Å². The Morgan fingerprint density at radius 1 is 1.43 bits per heavy atom. The van der Waals surface area contributed by atoms with Gasteiger partial charge in [-0.1, -0.05) is 26.1 Å². The second-order valence-corrected chi connectivity index (χ2v) is 6.94. The minimum Gasteiger partial charge on any atom is -0.491 e. The Morgan fingerprint density at radius 2 is 2.10 bits per heavy atom. The van der Waals surface area contributed by atoms with Crippen LogP contribution in [-0.2, 0) is 0 Å². The molecule has 1 atom stereocenters. The predicted octanol–water partition coefficient (Wildman–Crippen LogP) is 1.79. The molecule has 3 N–H and O–H groups in total. The molecule has 0 bridgehead atoms. The van der Waals surface area contributed by atoms with Crippen molar-refractivity contribution in [1.82, 2.24) is 4.90 Å². The maximum atomic E-state index is 10.1. The molecule has 1 aliphatic heterocycles. The molecular weight excluding hydrogens is 284 g/mol. The van der Waals surface area contributed by atoms with Gasteiger partial charge >= 0.3 is 0 Å². The molecule has 0 spiro atoms. The van der Waals surface area contributed by atoms with Crippen LogP contribution in [-0.4, -0.2) is 47.3 Å². The molecule has 5 heteroatoms. The third kappa shape index (κ3) is 4.95. The van der Waals surface area contributed by atoms with E-state index in [1.165, 1.54) is 6.42 Å². The first-order valence-electron chi connectivity index (χ1n) is 7.29. The fraction of sp³-hybridized carbons (Fsp3) is 0.562. The molecule has 0 aliphatic carbocycles. The number of nitrogens with two attached hydrogens (primary N) is 1. The molecule has 1 aromatic rings. The summed E-state index contributed by atoms with van der Waals surface area (Å²) in [7, 11) is 0. The van der Waals surface area contributed by atoms with E-state index in [9.17, 15) is 5.11 Å². The van der Waals surface area contributed by atoms with Gasteiger partial charge in [0.1, 0.15) is 23.4 Å². The van der Waals surface area contributed by atoms with Gasteiger partial charge in [-0.2, -0.15) is 0 Å². The van der Waals surface area contributed by atoms with E-state index in [0.29, 0.717) is 23.6 Å². The SMILES string of the molecule is CC1(C)CCN(CC(O)COc2ccc(C(N)=S)cc2)C1. The number of benzene rings is 1. The molecule has 0 saturated carbocycles. The summed E-state index contributed by atoms with van der Waals surface area (Å²) in [6.07, 6.45) is 0.704. The number of thiocarbonyl (C=S) groups is 1. The monoisotopic (exact) mass is 308 g/mol. The maximum absolute atomic E-state index is 10.1. The van der Waals surface area contributed by atoms with Gasteiger partial charge in [0, 0.05) is 18.7 Å². The summed E-state index contributed by atoms with van der Waals surface area (Å²) in [5.74, 6) is 0.718. The molecule has 21 heavy (non-hydrogen) atoms. The summed E-state index contributed by atoms with van der Waals surface area (Å²) in [5.41, 5.74) is 6.72. The molecule has 1 aliphatic rings. The average Bonchev–Trinajstić information content (AvgIpc) is 2.76. The van der Waals surface area contributed by atoms with Crippen LogP contribution in [0.4, 0.5) is 0 Å². The molecule has 4 nitrogen and oxygen atoms in total. The van der Waals surface area contributed by atoms with Crippen molar-refractivity contribution in [2.75, 3.05) is 26.2 Å². The van der Waals surface area contributed by atoms with Crippen LogP contribution in [0.15, 0.2) is 24.3 Å². The van der Waals surface area contributed by atoms with E-state index < -0.39 is 6.10 Å². The summed E-state index contributed by atoms with van der Waals surface area (Å²) in [5, 5.41) is 10.1. The van der Waals surface area contributed by atoms with E-state index in [-0.39, 0.29) is 0 Å². The van der Waals surface area contributed by atoms with Gasteiger partial charge in [0.15, 0.2) is 0 Å². The van der Waals surface area contributed by atoms with E-state index >= 15 is 0 Å². The van der Waals surface area contributed by atoms with Gasteiger partial charge < -0.3 is 20.5 Å². The zero-order valence-corrected chi connectivity index (χ0v) is 13.5. The summed E-state index contributed by atoms with van der Waals surface area (Å²) in [4.78, 5) is 2.67. The first-order chi connectivity index (χ1) is 9.85.